The number of carbonyl (C=O) groups is 1. The van der Waals surface area contributed by atoms with Gasteiger partial charge in [0.2, 0.25) is 0 Å². The van der Waals surface area contributed by atoms with Crippen molar-refractivity contribution >= 4 is 5.91 Å². The van der Waals surface area contributed by atoms with Crippen molar-refractivity contribution < 1.29 is 9.90 Å². The molecule has 70 valence electrons. The molecule has 0 aliphatic carbocycles. The van der Waals surface area contributed by atoms with Crippen LogP contribution in [-0.4, -0.2) is 33.6 Å². The van der Waals surface area contributed by atoms with Crippen LogP contribution in [0.4, 0.5) is 0 Å². The van der Waals surface area contributed by atoms with Crippen LogP contribution in [0.3, 0.4) is 0 Å². The van der Waals surface area contributed by atoms with Gasteiger partial charge in [-0.1, -0.05) is 0 Å². The van der Waals surface area contributed by atoms with Crippen LogP contribution in [0, 0.1) is 0 Å². The van der Waals surface area contributed by atoms with Gasteiger partial charge in [-0.15, -0.1) is 0 Å². The number of aliphatic hydroxyl groups excluding tert-OH is 1. The SMILES string of the molecule is CC1CC(C)(C)N1C(=O)[C@H](C)O. The molecule has 0 saturated carbocycles. The standard InChI is InChI=1S/C9H17NO2/c1-6-5-9(3,4)10(6)8(12)7(2)11/h6-7,11H,5H2,1-4H3/t6?,7-/m0/s1. The maximum atomic E-state index is 11.4. The van der Waals surface area contributed by atoms with Crippen molar-refractivity contribution in [3.63, 3.8) is 0 Å². The number of aliphatic hydroxyl groups is 1. The van der Waals surface area contributed by atoms with Crippen molar-refractivity contribution in [2.45, 2.75) is 51.8 Å². The lowest BCUT2D eigenvalue weighted by atomic mass is 9.82. The zero-order valence-corrected chi connectivity index (χ0v) is 8.16. The first-order valence-electron chi connectivity index (χ1n) is 4.37. The average Bonchev–Trinajstić information content (AvgIpc) is 1.84. The molecule has 12 heavy (non-hydrogen) atoms. The topological polar surface area (TPSA) is 40.5 Å². The molecule has 0 spiro atoms. The van der Waals surface area contributed by atoms with E-state index in [1.165, 1.54) is 6.92 Å². The van der Waals surface area contributed by atoms with Crippen LogP contribution in [0.1, 0.15) is 34.1 Å². The van der Waals surface area contributed by atoms with Gasteiger partial charge in [0.25, 0.3) is 5.91 Å². The van der Waals surface area contributed by atoms with Gasteiger partial charge >= 0.3 is 0 Å². The van der Waals surface area contributed by atoms with Crippen LogP contribution < -0.4 is 0 Å². The molecular formula is C9H17NO2. The summed E-state index contributed by atoms with van der Waals surface area (Å²) in [7, 11) is 0. The highest BCUT2D eigenvalue weighted by molar-refractivity contribution is 5.82. The molecule has 3 heteroatoms. The summed E-state index contributed by atoms with van der Waals surface area (Å²) >= 11 is 0. The third-order valence-corrected chi connectivity index (χ3v) is 2.48. The second kappa shape index (κ2) is 2.73. The molecule has 3 nitrogen and oxygen atoms in total. The Bertz CT molecular complexity index is 199. The Labute approximate surface area is 73.4 Å². The molecule has 1 N–H and O–H groups in total. The van der Waals surface area contributed by atoms with E-state index in [0.717, 1.165) is 6.42 Å². The molecule has 0 aromatic carbocycles. The molecule has 1 amide bonds. The molecule has 1 aliphatic heterocycles. The van der Waals surface area contributed by atoms with Crippen LogP contribution in [0.15, 0.2) is 0 Å². The van der Waals surface area contributed by atoms with Gasteiger partial charge in [-0.05, 0) is 34.1 Å². The highest BCUT2D eigenvalue weighted by Crippen LogP contribution is 2.35. The molecule has 1 aliphatic rings. The minimum Gasteiger partial charge on any atom is -0.384 e. The minimum atomic E-state index is -0.868. The zero-order valence-electron chi connectivity index (χ0n) is 8.16. The van der Waals surface area contributed by atoms with E-state index in [9.17, 15) is 4.79 Å². The molecular weight excluding hydrogens is 154 g/mol. The number of rotatable bonds is 1. The Hall–Kier alpha value is -0.570. The smallest absolute Gasteiger partial charge is 0.251 e. The molecule has 0 radical (unpaired) electrons. The van der Waals surface area contributed by atoms with Gasteiger partial charge in [0.15, 0.2) is 0 Å². The third-order valence-electron chi connectivity index (χ3n) is 2.48. The Kier molecular flexibility index (Phi) is 2.17. The van der Waals surface area contributed by atoms with Gasteiger partial charge in [0, 0.05) is 11.6 Å². The van der Waals surface area contributed by atoms with Crippen LogP contribution in [-0.2, 0) is 4.79 Å². The number of hydrogen-bond donors (Lipinski definition) is 1. The Morgan fingerprint density at radius 2 is 2.17 bits per heavy atom. The largest absolute Gasteiger partial charge is 0.384 e. The number of nitrogens with zero attached hydrogens (tertiary/aromatic N) is 1. The molecule has 0 aromatic heterocycles. The van der Waals surface area contributed by atoms with E-state index in [1.807, 2.05) is 20.8 Å². The second-order valence-electron chi connectivity index (χ2n) is 4.25. The molecule has 1 unspecified atom stereocenters. The maximum absolute atomic E-state index is 11.4. The van der Waals surface area contributed by atoms with Crippen LogP contribution in [0.25, 0.3) is 0 Å². The average molecular weight is 171 g/mol. The Morgan fingerprint density at radius 3 is 2.33 bits per heavy atom. The fourth-order valence-electron chi connectivity index (χ4n) is 2.11. The van der Waals surface area contributed by atoms with Crippen molar-refractivity contribution in [1.29, 1.82) is 0 Å². The molecule has 2 atom stereocenters. The van der Waals surface area contributed by atoms with Crippen molar-refractivity contribution in [2.75, 3.05) is 0 Å². The first-order valence-corrected chi connectivity index (χ1v) is 4.37. The van der Waals surface area contributed by atoms with Crippen molar-refractivity contribution in [3.8, 4) is 0 Å². The van der Waals surface area contributed by atoms with Gasteiger partial charge in [0.05, 0.1) is 0 Å². The molecule has 0 aromatic rings. The van der Waals surface area contributed by atoms with E-state index in [2.05, 4.69) is 0 Å². The molecule has 0 bridgehead atoms. The zero-order chi connectivity index (χ0) is 9.52. The van der Waals surface area contributed by atoms with Crippen LogP contribution in [0.5, 0.6) is 0 Å². The highest BCUT2D eigenvalue weighted by Gasteiger charge is 2.45. The van der Waals surface area contributed by atoms with Crippen molar-refractivity contribution in [2.24, 2.45) is 0 Å². The number of likely N-dealkylation sites (tertiary alicyclic amines) is 1. The van der Waals surface area contributed by atoms with E-state index in [-0.39, 0.29) is 17.5 Å². The van der Waals surface area contributed by atoms with Crippen molar-refractivity contribution in [1.82, 2.24) is 4.90 Å². The lowest BCUT2D eigenvalue weighted by Gasteiger charge is -2.54. The maximum Gasteiger partial charge on any atom is 0.251 e. The predicted molar refractivity (Wildman–Crippen MR) is 46.7 cm³/mol. The first-order chi connectivity index (χ1) is 5.36. The van der Waals surface area contributed by atoms with Crippen molar-refractivity contribution in [3.05, 3.63) is 0 Å². The summed E-state index contributed by atoms with van der Waals surface area (Å²) in [6.45, 7) is 7.57. The van der Waals surface area contributed by atoms with Gasteiger partial charge in [-0.25, -0.2) is 0 Å². The summed E-state index contributed by atoms with van der Waals surface area (Å²) in [5.74, 6) is -0.154. The Morgan fingerprint density at radius 1 is 1.67 bits per heavy atom. The van der Waals surface area contributed by atoms with E-state index in [0.29, 0.717) is 0 Å². The quantitative estimate of drug-likeness (QED) is 0.633. The summed E-state index contributed by atoms with van der Waals surface area (Å²) in [5.41, 5.74) is -0.0620. The minimum absolute atomic E-state index is 0.0620. The molecule has 1 heterocycles. The van der Waals surface area contributed by atoms with E-state index >= 15 is 0 Å². The van der Waals surface area contributed by atoms with Gasteiger partial charge in [0.1, 0.15) is 6.10 Å². The summed E-state index contributed by atoms with van der Waals surface area (Å²) < 4.78 is 0. The van der Waals surface area contributed by atoms with Gasteiger partial charge in [-0.2, -0.15) is 0 Å². The number of hydrogen-bond acceptors (Lipinski definition) is 2. The number of amides is 1. The highest BCUT2D eigenvalue weighted by atomic mass is 16.3. The second-order valence-corrected chi connectivity index (χ2v) is 4.25. The summed E-state index contributed by atoms with van der Waals surface area (Å²) in [5, 5.41) is 9.12. The Balaban J connectivity index is 2.68. The summed E-state index contributed by atoms with van der Waals surface area (Å²) in [6, 6.07) is 0.280. The first kappa shape index (κ1) is 9.52. The van der Waals surface area contributed by atoms with Gasteiger partial charge < -0.3 is 10.0 Å². The van der Waals surface area contributed by atoms with E-state index in [4.69, 9.17) is 5.11 Å². The monoisotopic (exact) mass is 171 g/mol. The van der Waals surface area contributed by atoms with E-state index < -0.39 is 6.10 Å². The predicted octanol–water partition coefficient (Wildman–Crippen LogP) is 0.767. The normalized spacial score (nSPS) is 29.4. The fourth-order valence-corrected chi connectivity index (χ4v) is 2.11. The van der Waals surface area contributed by atoms with E-state index in [1.54, 1.807) is 4.90 Å². The lowest BCUT2D eigenvalue weighted by molar-refractivity contribution is -0.160. The summed E-state index contributed by atoms with van der Waals surface area (Å²) in [4.78, 5) is 13.2. The van der Waals surface area contributed by atoms with Crippen LogP contribution in [0.2, 0.25) is 0 Å². The summed E-state index contributed by atoms with van der Waals surface area (Å²) in [6.07, 6.45) is 0.151. The molecule has 1 fully saturated rings. The molecule has 1 saturated heterocycles. The number of carbonyl (C=O) groups excluding carboxylic acids is 1. The molecule has 1 rings (SSSR count). The van der Waals surface area contributed by atoms with Crippen LogP contribution >= 0.6 is 0 Å². The van der Waals surface area contributed by atoms with Gasteiger partial charge in [-0.3, -0.25) is 4.79 Å². The fraction of sp³-hybridized carbons (Fsp3) is 0.889. The third kappa shape index (κ3) is 1.33. The lowest BCUT2D eigenvalue weighted by Crippen LogP contribution is -2.65.